The molecular weight excluding hydrogens is 210 g/mol. The first kappa shape index (κ1) is 11.2. The fourth-order valence-corrected chi connectivity index (χ4v) is 2.71. The van der Waals surface area contributed by atoms with E-state index in [0.29, 0.717) is 6.04 Å². The van der Waals surface area contributed by atoms with Crippen molar-refractivity contribution in [2.24, 2.45) is 11.8 Å². The van der Waals surface area contributed by atoms with E-state index >= 15 is 0 Å². The van der Waals surface area contributed by atoms with Crippen LogP contribution in [0, 0.1) is 11.8 Å². The predicted molar refractivity (Wildman–Crippen MR) is 68.7 cm³/mol. The third-order valence-corrected chi connectivity index (χ3v) is 4.09. The van der Waals surface area contributed by atoms with Crippen molar-refractivity contribution in [3.05, 3.63) is 35.4 Å². The summed E-state index contributed by atoms with van der Waals surface area (Å²) < 4.78 is 5.65. The van der Waals surface area contributed by atoms with Crippen molar-refractivity contribution in [1.29, 1.82) is 0 Å². The van der Waals surface area contributed by atoms with Crippen molar-refractivity contribution < 1.29 is 4.74 Å². The van der Waals surface area contributed by atoms with Crippen molar-refractivity contribution in [2.75, 3.05) is 13.2 Å². The van der Waals surface area contributed by atoms with Crippen molar-refractivity contribution in [3.63, 3.8) is 0 Å². The van der Waals surface area contributed by atoms with Gasteiger partial charge >= 0.3 is 0 Å². The molecule has 2 unspecified atom stereocenters. The summed E-state index contributed by atoms with van der Waals surface area (Å²) in [4.78, 5) is 0. The summed E-state index contributed by atoms with van der Waals surface area (Å²) in [5, 5.41) is 3.67. The molecular formula is C15H21NO. The zero-order valence-electron chi connectivity index (χ0n) is 10.5. The van der Waals surface area contributed by atoms with Crippen LogP contribution in [0.3, 0.4) is 0 Å². The molecule has 1 fully saturated rings. The number of hydrogen-bond donors (Lipinski definition) is 1. The van der Waals surface area contributed by atoms with Gasteiger partial charge < -0.3 is 10.1 Å². The number of fused-ring (bicyclic) bond motifs is 1. The number of nitrogens with one attached hydrogen (secondary N) is 1. The molecule has 1 N–H and O–H groups in total. The molecule has 1 aromatic carbocycles. The molecule has 2 atom stereocenters. The smallest absolute Gasteiger partial charge is 0.0721 e. The van der Waals surface area contributed by atoms with Crippen LogP contribution in [0.5, 0.6) is 0 Å². The minimum Gasteiger partial charge on any atom is -0.375 e. The van der Waals surface area contributed by atoms with Crippen LogP contribution in [0.4, 0.5) is 0 Å². The summed E-state index contributed by atoms with van der Waals surface area (Å²) in [6.45, 7) is 5.06. The van der Waals surface area contributed by atoms with E-state index in [4.69, 9.17) is 4.74 Å². The van der Waals surface area contributed by atoms with Crippen molar-refractivity contribution >= 4 is 0 Å². The molecule has 1 aliphatic carbocycles. The molecule has 0 spiro atoms. The van der Waals surface area contributed by atoms with E-state index < -0.39 is 0 Å². The normalized spacial score (nSPS) is 25.4. The fraction of sp³-hybridized carbons (Fsp3) is 0.600. The molecule has 92 valence electrons. The molecule has 1 saturated carbocycles. The zero-order chi connectivity index (χ0) is 11.7. The Bertz CT molecular complexity index is 386. The Kier molecular flexibility index (Phi) is 3.17. The maximum Gasteiger partial charge on any atom is 0.0721 e. The molecule has 17 heavy (non-hydrogen) atoms. The molecule has 2 nitrogen and oxygen atoms in total. The first-order chi connectivity index (χ1) is 8.34. The van der Waals surface area contributed by atoms with E-state index in [1.807, 2.05) is 0 Å². The first-order valence-corrected chi connectivity index (χ1v) is 6.73. The highest BCUT2D eigenvalue weighted by Crippen LogP contribution is 2.36. The van der Waals surface area contributed by atoms with Gasteiger partial charge in [-0.15, -0.1) is 0 Å². The average Bonchev–Trinajstić information content (AvgIpc) is 3.20. The number of rotatable bonds is 4. The highest BCUT2D eigenvalue weighted by molar-refractivity contribution is 5.31. The molecule has 0 saturated heterocycles. The van der Waals surface area contributed by atoms with Crippen LogP contribution in [0.15, 0.2) is 24.3 Å². The minimum absolute atomic E-state index is 0.390. The largest absolute Gasteiger partial charge is 0.375 e. The lowest BCUT2D eigenvalue weighted by atomic mass is 9.98. The van der Waals surface area contributed by atoms with Gasteiger partial charge in [0.05, 0.1) is 19.3 Å². The monoisotopic (exact) mass is 231 g/mol. The molecule has 0 aromatic heterocycles. The van der Waals surface area contributed by atoms with Gasteiger partial charge in [-0.05, 0) is 42.3 Å². The van der Waals surface area contributed by atoms with Gasteiger partial charge in [0, 0.05) is 0 Å². The Morgan fingerprint density at radius 1 is 1.35 bits per heavy atom. The second kappa shape index (κ2) is 4.79. The van der Waals surface area contributed by atoms with E-state index in [-0.39, 0.29) is 0 Å². The third-order valence-electron chi connectivity index (χ3n) is 4.09. The summed E-state index contributed by atoms with van der Waals surface area (Å²) in [7, 11) is 0. The summed E-state index contributed by atoms with van der Waals surface area (Å²) >= 11 is 0. The molecule has 1 aliphatic heterocycles. The van der Waals surface area contributed by atoms with Gasteiger partial charge in [-0.1, -0.05) is 31.2 Å². The van der Waals surface area contributed by atoms with Crippen LogP contribution in [0.1, 0.15) is 36.9 Å². The minimum atomic E-state index is 0.390. The summed E-state index contributed by atoms with van der Waals surface area (Å²) in [6, 6.07) is 9.02. The van der Waals surface area contributed by atoms with Crippen LogP contribution < -0.4 is 5.32 Å². The van der Waals surface area contributed by atoms with Gasteiger partial charge in [-0.3, -0.25) is 0 Å². The zero-order valence-corrected chi connectivity index (χ0v) is 10.5. The van der Waals surface area contributed by atoms with Crippen LogP contribution in [0.2, 0.25) is 0 Å². The highest BCUT2D eigenvalue weighted by Gasteiger charge is 2.28. The Morgan fingerprint density at radius 2 is 2.18 bits per heavy atom. The second-order valence-electron chi connectivity index (χ2n) is 5.49. The molecule has 0 bridgehead atoms. The number of ether oxygens (including phenoxy) is 1. The van der Waals surface area contributed by atoms with E-state index in [1.165, 1.54) is 24.0 Å². The van der Waals surface area contributed by atoms with E-state index in [9.17, 15) is 0 Å². The molecule has 2 heteroatoms. The highest BCUT2D eigenvalue weighted by atomic mass is 16.5. The Balaban J connectivity index is 1.63. The van der Waals surface area contributed by atoms with Crippen LogP contribution in [-0.2, 0) is 11.3 Å². The quantitative estimate of drug-likeness (QED) is 0.860. The summed E-state index contributed by atoms with van der Waals surface area (Å²) in [5.74, 6) is 1.78. The summed E-state index contributed by atoms with van der Waals surface area (Å²) in [6.07, 6.45) is 2.86. The fourth-order valence-electron chi connectivity index (χ4n) is 2.71. The lowest BCUT2D eigenvalue weighted by molar-refractivity contribution is 0.0808. The second-order valence-corrected chi connectivity index (χ2v) is 5.49. The average molecular weight is 231 g/mol. The Hall–Kier alpha value is -0.860. The third kappa shape index (κ3) is 2.53. The maximum absolute atomic E-state index is 5.65. The van der Waals surface area contributed by atoms with Gasteiger partial charge in [-0.25, -0.2) is 0 Å². The Morgan fingerprint density at radius 3 is 3.00 bits per heavy atom. The van der Waals surface area contributed by atoms with Gasteiger partial charge in [0.25, 0.3) is 0 Å². The van der Waals surface area contributed by atoms with Gasteiger partial charge in [0.1, 0.15) is 0 Å². The van der Waals surface area contributed by atoms with Gasteiger partial charge in [-0.2, -0.15) is 0 Å². The van der Waals surface area contributed by atoms with Crippen LogP contribution in [0.25, 0.3) is 0 Å². The Labute approximate surface area is 103 Å². The van der Waals surface area contributed by atoms with E-state index in [0.717, 1.165) is 31.6 Å². The van der Waals surface area contributed by atoms with E-state index in [1.54, 1.807) is 0 Å². The molecule has 0 amide bonds. The SMILES string of the molecule is CC(CNC1COCc2ccccc21)C1CC1. The molecule has 2 aliphatic rings. The lowest BCUT2D eigenvalue weighted by Crippen LogP contribution is -2.33. The van der Waals surface area contributed by atoms with Gasteiger partial charge in [0.2, 0.25) is 0 Å². The van der Waals surface area contributed by atoms with Crippen molar-refractivity contribution in [3.8, 4) is 0 Å². The maximum atomic E-state index is 5.65. The first-order valence-electron chi connectivity index (χ1n) is 6.73. The van der Waals surface area contributed by atoms with Gasteiger partial charge in [0.15, 0.2) is 0 Å². The van der Waals surface area contributed by atoms with Crippen molar-refractivity contribution in [1.82, 2.24) is 5.32 Å². The molecule has 0 radical (unpaired) electrons. The predicted octanol–water partition coefficient (Wildman–Crippen LogP) is 2.89. The van der Waals surface area contributed by atoms with Crippen LogP contribution in [-0.4, -0.2) is 13.2 Å². The lowest BCUT2D eigenvalue weighted by Gasteiger charge is -2.27. The van der Waals surface area contributed by atoms with Crippen molar-refractivity contribution in [2.45, 2.75) is 32.4 Å². The van der Waals surface area contributed by atoms with E-state index in [2.05, 4.69) is 36.5 Å². The number of benzene rings is 1. The topological polar surface area (TPSA) is 21.3 Å². The number of hydrogen-bond acceptors (Lipinski definition) is 2. The summed E-state index contributed by atoms with van der Waals surface area (Å²) in [5.41, 5.74) is 2.78. The molecule has 1 heterocycles. The van der Waals surface area contributed by atoms with Crippen LogP contribution >= 0.6 is 0 Å². The molecule has 1 aromatic rings. The standard InChI is InChI=1S/C15H21NO/c1-11(12-6-7-12)8-16-15-10-17-9-13-4-2-3-5-14(13)15/h2-5,11-12,15-16H,6-10H2,1H3. The molecule has 3 rings (SSSR count).